The molecule has 0 rings (SSSR count). The number of carboxylic acid groups (broad SMARTS) is 1. The second-order valence-electron chi connectivity index (χ2n) is 6.62. The lowest BCUT2D eigenvalue weighted by molar-refractivity contribution is -0.133. The van der Waals surface area contributed by atoms with E-state index in [1.54, 1.807) is 0 Å². The molecule has 0 aromatic rings. The van der Waals surface area contributed by atoms with Crippen molar-refractivity contribution in [2.24, 2.45) is 0 Å². The highest BCUT2D eigenvalue weighted by Crippen LogP contribution is 2.13. The summed E-state index contributed by atoms with van der Waals surface area (Å²) in [5.41, 5.74) is 0. The fourth-order valence-electron chi connectivity index (χ4n) is 2.83. The molecule has 0 radical (unpaired) electrons. The first-order chi connectivity index (χ1) is 10.7. The molecule has 0 aliphatic heterocycles. The van der Waals surface area contributed by atoms with Crippen LogP contribution < -0.4 is 0 Å². The Morgan fingerprint density at radius 1 is 0.727 bits per heavy atom. The summed E-state index contributed by atoms with van der Waals surface area (Å²) in [7, 11) is 0.0842. The summed E-state index contributed by atoms with van der Waals surface area (Å²) in [5, 5.41) is 8.71. The predicted octanol–water partition coefficient (Wildman–Crippen LogP) is 5.80. The van der Waals surface area contributed by atoms with Gasteiger partial charge in [0.25, 0.3) is 0 Å². The van der Waals surface area contributed by atoms with E-state index in [2.05, 4.69) is 13.2 Å². The van der Waals surface area contributed by atoms with Crippen LogP contribution in [0.4, 0.5) is 0 Å². The molecule has 1 atom stereocenters. The summed E-state index contributed by atoms with van der Waals surface area (Å²) in [5.74, 6) is 0.819. The standard InChI is InChI=1S/C19H38O2S/c1-3-4-5-6-7-8-9-10-11-12-13-14-15-16-17-22(2)18-19(20)21/h3-18H2,1-2H3/p+1. The molecule has 0 aliphatic carbocycles. The molecule has 22 heavy (non-hydrogen) atoms. The Bertz CT molecular complexity index is 244. The molecule has 0 saturated carbocycles. The van der Waals surface area contributed by atoms with E-state index >= 15 is 0 Å². The molecule has 0 saturated heterocycles. The van der Waals surface area contributed by atoms with Crippen molar-refractivity contribution in [2.75, 3.05) is 17.8 Å². The third kappa shape index (κ3) is 17.9. The molecular formula is C19H39O2S+. The third-order valence-corrected chi connectivity index (χ3v) is 5.94. The van der Waals surface area contributed by atoms with Gasteiger partial charge in [-0.05, 0) is 23.7 Å². The van der Waals surface area contributed by atoms with Gasteiger partial charge in [0, 0.05) is 0 Å². The molecule has 1 N–H and O–H groups in total. The molecule has 132 valence electrons. The first kappa shape index (κ1) is 21.8. The number of carboxylic acids is 1. The van der Waals surface area contributed by atoms with E-state index in [9.17, 15) is 4.79 Å². The SMILES string of the molecule is CCCCCCCCCCCCCCCC[S+](C)CC(=O)O. The van der Waals surface area contributed by atoms with Crippen LogP contribution in [-0.4, -0.2) is 28.8 Å². The molecule has 0 aliphatic rings. The Hall–Kier alpha value is -0.180. The fourth-order valence-corrected chi connectivity index (χ4v) is 4.09. The summed E-state index contributed by atoms with van der Waals surface area (Å²) in [6.45, 7) is 2.27. The number of unbranched alkanes of at least 4 members (excludes halogenated alkanes) is 13. The summed E-state index contributed by atoms with van der Waals surface area (Å²) in [6, 6.07) is 0. The maximum Gasteiger partial charge on any atom is 0.353 e. The van der Waals surface area contributed by atoms with E-state index in [4.69, 9.17) is 5.11 Å². The Kier molecular flexibility index (Phi) is 17.0. The normalized spacial score (nSPS) is 12.5. The summed E-state index contributed by atoms with van der Waals surface area (Å²) >= 11 is 0. The predicted molar refractivity (Wildman–Crippen MR) is 101 cm³/mol. The van der Waals surface area contributed by atoms with Gasteiger partial charge in [-0.1, -0.05) is 84.0 Å². The second-order valence-corrected chi connectivity index (χ2v) is 8.88. The van der Waals surface area contributed by atoms with E-state index in [1.807, 2.05) is 0 Å². The van der Waals surface area contributed by atoms with Crippen molar-refractivity contribution in [3.05, 3.63) is 0 Å². The van der Waals surface area contributed by atoms with E-state index < -0.39 is 5.97 Å². The summed E-state index contributed by atoms with van der Waals surface area (Å²) < 4.78 is 0. The van der Waals surface area contributed by atoms with Crippen LogP contribution in [0.15, 0.2) is 0 Å². The highest BCUT2D eigenvalue weighted by atomic mass is 32.2. The lowest BCUT2D eigenvalue weighted by atomic mass is 10.0. The third-order valence-electron chi connectivity index (χ3n) is 4.22. The zero-order chi connectivity index (χ0) is 16.5. The van der Waals surface area contributed by atoms with Gasteiger partial charge in [0.05, 0.1) is 6.26 Å². The van der Waals surface area contributed by atoms with E-state index in [-0.39, 0.29) is 10.9 Å². The van der Waals surface area contributed by atoms with Crippen molar-refractivity contribution in [1.29, 1.82) is 0 Å². The van der Waals surface area contributed by atoms with E-state index in [0.717, 1.165) is 5.75 Å². The lowest BCUT2D eigenvalue weighted by Crippen LogP contribution is -2.17. The molecule has 0 fully saturated rings. The van der Waals surface area contributed by atoms with Crippen LogP contribution in [-0.2, 0) is 15.7 Å². The van der Waals surface area contributed by atoms with E-state index in [0.29, 0.717) is 5.75 Å². The number of aliphatic carboxylic acids is 1. The Balaban J connectivity index is 3.07. The minimum absolute atomic E-state index is 0.0842. The Labute approximate surface area is 141 Å². The van der Waals surface area contributed by atoms with Crippen LogP contribution in [0.2, 0.25) is 0 Å². The van der Waals surface area contributed by atoms with Crippen molar-refractivity contribution in [3.63, 3.8) is 0 Å². The maximum absolute atomic E-state index is 10.6. The smallest absolute Gasteiger partial charge is 0.353 e. The molecule has 0 spiro atoms. The zero-order valence-electron chi connectivity index (χ0n) is 15.1. The Morgan fingerprint density at radius 2 is 1.09 bits per heavy atom. The number of rotatable bonds is 17. The van der Waals surface area contributed by atoms with Gasteiger partial charge in [-0.2, -0.15) is 0 Å². The van der Waals surface area contributed by atoms with Gasteiger partial charge in [-0.15, -0.1) is 0 Å². The monoisotopic (exact) mass is 331 g/mol. The van der Waals surface area contributed by atoms with Crippen LogP contribution in [0.25, 0.3) is 0 Å². The van der Waals surface area contributed by atoms with Crippen LogP contribution in [0.1, 0.15) is 96.8 Å². The highest BCUT2D eigenvalue weighted by Gasteiger charge is 2.14. The summed E-state index contributed by atoms with van der Waals surface area (Å²) in [4.78, 5) is 10.6. The van der Waals surface area contributed by atoms with Crippen LogP contribution >= 0.6 is 0 Å². The van der Waals surface area contributed by atoms with Gasteiger partial charge >= 0.3 is 5.97 Å². The molecule has 0 amide bonds. The zero-order valence-corrected chi connectivity index (χ0v) is 15.9. The average Bonchev–Trinajstić information content (AvgIpc) is 2.47. The minimum atomic E-state index is -0.642. The molecule has 0 bridgehead atoms. The van der Waals surface area contributed by atoms with Crippen LogP contribution in [0.5, 0.6) is 0 Å². The Morgan fingerprint density at radius 3 is 1.45 bits per heavy atom. The van der Waals surface area contributed by atoms with Crippen molar-refractivity contribution < 1.29 is 9.90 Å². The van der Waals surface area contributed by atoms with Gasteiger partial charge in [0.2, 0.25) is 5.75 Å². The number of carbonyl (C=O) groups is 1. The van der Waals surface area contributed by atoms with Gasteiger partial charge < -0.3 is 5.11 Å². The first-order valence-corrected chi connectivity index (χ1v) is 11.4. The average molecular weight is 332 g/mol. The van der Waals surface area contributed by atoms with Gasteiger partial charge in [-0.3, -0.25) is 0 Å². The van der Waals surface area contributed by atoms with Gasteiger partial charge in [-0.25, -0.2) is 4.79 Å². The van der Waals surface area contributed by atoms with Crippen molar-refractivity contribution in [2.45, 2.75) is 96.8 Å². The minimum Gasteiger partial charge on any atom is -0.478 e. The second kappa shape index (κ2) is 17.2. The van der Waals surface area contributed by atoms with Crippen LogP contribution in [0, 0.1) is 0 Å². The quantitative estimate of drug-likeness (QED) is 0.270. The molecule has 0 aromatic heterocycles. The maximum atomic E-state index is 10.6. The summed E-state index contributed by atoms with van der Waals surface area (Å²) in [6.07, 6.45) is 21.4. The van der Waals surface area contributed by atoms with Gasteiger partial charge in [0.15, 0.2) is 0 Å². The van der Waals surface area contributed by atoms with Crippen molar-refractivity contribution in [3.8, 4) is 0 Å². The van der Waals surface area contributed by atoms with Crippen LogP contribution in [0.3, 0.4) is 0 Å². The highest BCUT2D eigenvalue weighted by molar-refractivity contribution is 7.96. The molecule has 1 unspecified atom stereocenters. The topological polar surface area (TPSA) is 37.3 Å². The van der Waals surface area contributed by atoms with Crippen molar-refractivity contribution >= 4 is 16.9 Å². The molecule has 3 heteroatoms. The number of hydrogen-bond donors (Lipinski definition) is 1. The number of hydrogen-bond acceptors (Lipinski definition) is 1. The lowest BCUT2D eigenvalue weighted by Gasteiger charge is -2.03. The molecular weight excluding hydrogens is 292 g/mol. The van der Waals surface area contributed by atoms with Crippen molar-refractivity contribution in [1.82, 2.24) is 0 Å². The fraction of sp³-hybridized carbons (Fsp3) is 0.947. The molecule has 2 nitrogen and oxygen atoms in total. The first-order valence-electron chi connectivity index (χ1n) is 9.47. The largest absolute Gasteiger partial charge is 0.478 e. The molecule has 0 heterocycles. The molecule has 0 aromatic carbocycles. The van der Waals surface area contributed by atoms with Gasteiger partial charge in [0.1, 0.15) is 5.75 Å². The van der Waals surface area contributed by atoms with E-state index in [1.165, 1.54) is 89.9 Å².